The molecule has 0 saturated heterocycles. The molecule has 0 saturated carbocycles. The number of thiazole rings is 1. The lowest BCUT2D eigenvalue weighted by Gasteiger charge is -2.11. The summed E-state index contributed by atoms with van der Waals surface area (Å²) in [4.78, 5) is 4.43. The van der Waals surface area contributed by atoms with Crippen LogP contribution in [-0.4, -0.2) is 19.9 Å². The van der Waals surface area contributed by atoms with Crippen LogP contribution in [-0.2, 0) is 16.6 Å². The van der Waals surface area contributed by atoms with Gasteiger partial charge < -0.3 is 5.73 Å². The van der Waals surface area contributed by atoms with Crippen LogP contribution in [0, 0.1) is 0 Å². The molecule has 0 spiro atoms. The SMILES string of the molecule is CC(CNS(=O)(=O)c1ccc(CN)cc1)c1nccs1. The van der Waals surface area contributed by atoms with E-state index in [9.17, 15) is 8.42 Å². The van der Waals surface area contributed by atoms with E-state index in [2.05, 4.69) is 9.71 Å². The number of nitrogens with zero attached hydrogens (tertiary/aromatic N) is 1. The Morgan fingerprint density at radius 1 is 1.35 bits per heavy atom. The van der Waals surface area contributed by atoms with Gasteiger partial charge in [0, 0.05) is 30.6 Å². The van der Waals surface area contributed by atoms with Gasteiger partial charge in [-0.15, -0.1) is 11.3 Å². The number of benzene rings is 1. The molecule has 5 nitrogen and oxygen atoms in total. The van der Waals surface area contributed by atoms with Crippen LogP contribution in [0.25, 0.3) is 0 Å². The lowest BCUT2D eigenvalue weighted by molar-refractivity contribution is 0.574. The third kappa shape index (κ3) is 3.63. The Labute approximate surface area is 122 Å². The largest absolute Gasteiger partial charge is 0.326 e. The lowest BCUT2D eigenvalue weighted by Crippen LogP contribution is -2.27. The van der Waals surface area contributed by atoms with Crippen LogP contribution >= 0.6 is 11.3 Å². The van der Waals surface area contributed by atoms with Crippen molar-refractivity contribution in [2.75, 3.05) is 6.54 Å². The normalized spacial score (nSPS) is 13.3. The van der Waals surface area contributed by atoms with Crippen molar-refractivity contribution < 1.29 is 8.42 Å². The van der Waals surface area contributed by atoms with E-state index in [1.165, 1.54) is 11.3 Å². The third-order valence-corrected chi connectivity index (χ3v) is 5.37. The molecule has 0 aliphatic heterocycles. The van der Waals surface area contributed by atoms with Crippen LogP contribution in [0.3, 0.4) is 0 Å². The zero-order valence-corrected chi connectivity index (χ0v) is 12.7. The molecule has 0 aliphatic carbocycles. The number of nitrogens with one attached hydrogen (secondary N) is 1. The monoisotopic (exact) mass is 311 g/mol. The standard InChI is InChI=1S/C13H17N3O2S2/c1-10(13-15-6-7-19-13)9-16-20(17,18)12-4-2-11(8-14)3-5-12/h2-7,10,16H,8-9,14H2,1H3. The van der Waals surface area contributed by atoms with E-state index >= 15 is 0 Å². The fourth-order valence-electron chi connectivity index (χ4n) is 1.69. The van der Waals surface area contributed by atoms with Crippen molar-refractivity contribution in [1.29, 1.82) is 0 Å². The molecule has 2 aromatic rings. The first-order chi connectivity index (χ1) is 9.53. The van der Waals surface area contributed by atoms with E-state index in [-0.39, 0.29) is 10.8 Å². The van der Waals surface area contributed by atoms with Gasteiger partial charge in [0.1, 0.15) is 0 Å². The molecular weight excluding hydrogens is 294 g/mol. The highest BCUT2D eigenvalue weighted by atomic mass is 32.2. The highest BCUT2D eigenvalue weighted by Crippen LogP contribution is 2.17. The molecule has 20 heavy (non-hydrogen) atoms. The zero-order chi connectivity index (χ0) is 14.6. The van der Waals surface area contributed by atoms with Crippen molar-refractivity contribution in [3.8, 4) is 0 Å². The van der Waals surface area contributed by atoms with Crippen molar-refractivity contribution in [3.05, 3.63) is 46.4 Å². The number of hydrogen-bond donors (Lipinski definition) is 2. The summed E-state index contributed by atoms with van der Waals surface area (Å²) in [5.74, 6) is 0.0492. The van der Waals surface area contributed by atoms with Crippen molar-refractivity contribution in [1.82, 2.24) is 9.71 Å². The minimum atomic E-state index is -3.49. The Morgan fingerprint density at radius 2 is 2.05 bits per heavy atom. The molecular formula is C13H17N3O2S2. The zero-order valence-electron chi connectivity index (χ0n) is 11.1. The molecule has 0 amide bonds. The van der Waals surface area contributed by atoms with Gasteiger partial charge in [-0.1, -0.05) is 19.1 Å². The molecule has 0 aliphatic rings. The number of rotatable bonds is 6. The molecule has 1 heterocycles. The quantitative estimate of drug-likeness (QED) is 0.850. The maximum absolute atomic E-state index is 12.1. The first-order valence-electron chi connectivity index (χ1n) is 6.21. The van der Waals surface area contributed by atoms with E-state index in [4.69, 9.17) is 5.73 Å². The molecule has 3 N–H and O–H groups in total. The highest BCUT2D eigenvalue weighted by molar-refractivity contribution is 7.89. The van der Waals surface area contributed by atoms with Gasteiger partial charge in [-0.2, -0.15) is 0 Å². The Balaban J connectivity index is 2.03. The summed E-state index contributed by atoms with van der Waals surface area (Å²) >= 11 is 1.52. The van der Waals surface area contributed by atoms with E-state index in [1.807, 2.05) is 12.3 Å². The van der Waals surface area contributed by atoms with Crippen molar-refractivity contribution in [2.24, 2.45) is 5.73 Å². The Bertz CT molecular complexity index is 637. The van der Waals surface area contributed by atoms with Gasteiger partial charge in [-0.25, -0.2) is 18.1 Å². The molecule has 1 aromatic heterocycles. The summed E-state index contributed by atoms with van der Waals surface area (Å²) in [6, 6.07) is 6.58. The summed E-state index contributed by atoms with van der Waals surface area (Å²) < 4.78 is 26.9. The Hall–Kier alpha value is -1.28. The van der Waals surface area contributed by atoms with Gasteiger partial charge in [0.15, 0.2) is 0 Å². The first-order valence-corrected chi connectivity index (χ1v) is 8.57. The Morgan fingerprint density at radius 3 is 2.60 bits per heavy atom. The van der Waals surface area contributed by atoms with E-state index < -0.39 is 10.0 Å². The van der Waals surface area contributed by atoms with Crippen LogP contribution in [0.2, 0.25) is 0 Å². The Kier molecular flexibility index (Phi) is 4.87. The maximum Gasteiger partial charge on any atom is 0.240 e. The number of hydrogen-bond acceptors (Lipinski definition) is 5. The second kappa shape index (κ2) is 6.45. The second-order valence-corrected chi connectivity index (χ2v) is 7.16. The van der Waals surface area contributed by atoms with E-state index in [0.29, 0.717) is 13.1 Å². The predicted molar refractivity (Wildman–Crippen MR) is 80.1 cm³/mol. The second-order valence-electron chi connectivity index (χ2n) is 4.47. The third-order valence-electron chi connectivity index (χ3n) is 2.92. The van der Waals surface area contributed by atoms with Gasteiger partial charge in [0.05, 0.1) is 9.90 Å². The average molecular weight is 311 g/mol. The minimum absolute atomic E-state index is 0.0492. The molecule has 1 aromatic carbocycles. The van der Waals surface area contributed by atoms with Gasteiger partial charge >= 0.3 is 0 Å². The smallest absolute Gasteiger partial charge is 0.240 e. The van der Waals surface area contributed by atoms with Crippen LogP contribution < -0.4 is 10.5 Å². The summed E-state index contributed by atoms with van der Waals surface area (Å²) in [7, 11) is -3.49. The molecule has 1 atom stereocenters. The summed E-state index contributed by atoms with van der Waals surface area (Å²) in [5.41, 5.74) is 6.39. The molecule has 108 valence electrons. The van der Waals surface area contributed by atoms with Gasteiger partial charge in [-0.3, -0.25) is 0 Å². The highest BCUT2D eigenvalue weighted by Gasteiger charge is 2.16. The van der Waals surface area contributed by atoms with Crippen LogP contribution in [0.5, 0.6) is 0 Å². The van der Waals surface area contributed by atoms with Crippen molar-refractivity contribution >= 4 is 21.4 Å². The van der Waals surface area contributed by atoms with Crippen LogP contribution in [0.4, 0.5) is 0 Å². The summed E-state index contributed by atoms with van der Waals surface area (Å²) in [5, 5.41) is 2.80. The fraction of sp³-hybridized carbons (Fsp3) is 0.308. The fourth-order valence-corrected chi connectivity index (χ4v) is 3.52. The molecule has 1 unspecified atom stereocenters. The van der Waals surface area contributed by atoms with E-state index in [0.717, 1.165) is 10.6 Å². The minimum Gasteiger partial charge on any atom is -0.326 e. The van der Waals surface area contributed by atoms with Crippen molar-refractivity contribution in [3.63, 3.8) is 0 Å². The van der Waals surface area contributed by atoms with Crippen LogP contribution in [0.1, 0.15) is 23.4 Å². The lowest BCUT2D eigenvalue weighted by atomic mass is 10.2. The number of sulfonamides is 1. The summed E-state index contributed by atoms with van der Waals surface area (Å²) in [6.45, 7) is 2.67. The molecule has 0 fully saturated rings. The molecule has 0 bridgehead atoms. The topological polar surface area (TPSA) is 85.1 Å². The molecule has 2 rings (SSSR count). The summed E-state index contributed by atoms with van der Waals surface area (Å²) in [6.07, 6.45) is 1.72. The number of nitrogens with two attached hydrogens (primary N) is 1. The first kappa shape index (κ1) is 15.1. The van der Waals surface area contributed by atoms with E-state index in [1.54, 1.807) is 30.5 Å². The van der Waals surface area contributed by atoms with Gasteiger partial charge in [-0.05, 0) is 17.7 Å². The maximum atomic E-state index is 12.1. The van der Waals surface area contributed by atoms with Crippen molar-refractivity contribution in [2.45, 2.75) is 24.3 Å². The number of aromatic nitrogens is 1. The average Bonchev–Trinajstić information content (AvgIpc) is 2.99. The molecule has 7 heteroatoms. The predicted octanol–water partition coefficient (Wildman–Crippen LogP) is 1.68. The van der Waals surface area contributed by atoms with Gasteiger partial charge in [0.2, 0.25) is 10.0 Å². The van der Waals surface area contributed by atoms with Gasteiger partial charge in [0.25, 0.3) is 0 Å². The van der Waals surface area contributed by atoms with Crippen LogP contribution in [0.15, 0.2) is 40.7 Å². The molecule has 0 radical (unpaired) electrons.